The molecule has 10 nitrogen and oxygen atoms in total. The molecule has 12 heteroatoms. The zero-order valence-electron chi connectivity index (χ0n) is 11.6. The topological polar surface area (TPSA) is 151 Å². The molecular weight excluding hydrogens is 336 g/mol. The molecular formula is C10H14N4O6S2. The maximum atomic E-state index is 11.4. The molecule has 0 heterocycles. The van der Waals surface area contributed by atoms with Gasteiger partial charge in [0.15, 0.2) is 0 Å². The summed E-state index contributed by atoms with van der Waals surface area (Å²) in [4.78, 5) is 22.7. The number of nitrogens with one attached hydrogen (secondary N) is 4. The van der Waals surface area contributed by atoms with E-state index in [2.05, 4.69) is 10.6 Å². The number of hydrogen-bond donors (Lipinski definition) is 4. The molecule has 4 amide bonds. The van der Waals surface area contributed by atoms with Crippen LogP contribution in [0.3, 0.4) is 0 Å². The Morgan fingerprint density at radius 3 is 1.50 bits per heavy atom. The van der Waals surface area contributed by atoms with E-state index in [0.717, 1.165) is 12.5 Å². The molecule has 0 aliphatic carbocycles. The normalized spacial score (nSPS) is 11.4. The Kier molecular flexibility index (Phi) is 5.33. The van der Waals surface area contributed by atoms with Crippen molar-refractivity contribution in [1.29, 1.82) is 0 Å². The molecule has 1 rings (SSSR count). The standard InChI is InChI=1S/C10H14N4O6S2/c1-21(17,18)13-9(15)11-7-4-3-5-8(6-7)12-10(16)14-22(2,19)20/h3-6H,1-2H3,(H2,11,13,15)(H2,12,14,16). The maximum absolute atomic E-state index is 11.4. The third-order valence-corrected chi connectivity index (χ3v) is 3.05. The number of carbonyl (C=O) groups is 2. The van der Waals surface area contributed by atoms with E-state index < -0.39 is 32.1 Å². The average molecular weight is 350 g/mol. The Morgan fingerprint density at radius 2 is 1.18 bits per heavy atom. The molecule has 1 aromatic rings. The second-order valence-electron chi connectivity index (χ2n) is 4.24. The van der Waals surface area contributed by atoms with E-state index >= 15 is 0 Å². The minimum Gasteiger partial charge on any atom is -0.307 e. The monoisotopic (exact) mass is 350 g/mol. The van der Waals surface area contributed by atoms with Gasteiger partial charge in [0.05, 0.1) is 12.5 Å². The Morgan fingerprint density at radius 1 is 0.818 bits per heavy atom. The molecule has 0 unspecified atom stereocenters. The minimum absolute atomic E-state index is 0.193. The van der Waals surface area contributed by atoms with Crippen molar-refractivity contribution < 1.29 is 26.4 Å². The first kappa shape index (κ1) is 17.7. The smallest absolute Gasteiger partial charge is 0.307 e. The lowest BCUT2D eigenvalue weighted by atomic mass is 10.3. The van der Waals surface area contributed by atoms with E-state index in [1.165, 1.54) is 24.3 Å². The lowest BCUT2D eigenvalue weighted by Crippen LogP contribution is -2.34. The van der Waals surface area contributed by atoms with E-state index in [9.17, 15) is 26.4 Å². The summed E-state index contributed by atoms with van der Waals surface area (Å²) < 4.78 is 46.9. The molecule has 122 valence electrons. The summed E-state index contributed by atoms with van der Waals surface area (Å²) >= 11 is 0. The van der Waals surface area contributed by atoms with Crippen LogP contribution in [-0.4, -0.2) is 41.4 Å². The van der Waals surface area contributed by atoms with Crippen LogP contribution in [0, 0.1) is 0 Å². The number of sulfonamides is 2. The summed E-state index contributed by atoms with van der Waals surface area (Å²) in [6, 6.07) is 3.72. The van der Waals surface area contributed by atoms with Crippen molar-refractivity contribution in [3.05, 3.63) is 24.3 Å². The van der Waals surface area contributed by atoms with Crippen molar-refractivity contribution in [2.75, 3.05) is 23.1 Å². The van der Waals surface area contributed by atoms with Gasteiger partial charge in [0.2, 0.25) is 20.0 Å². The predicted octanol–water partition coefficient (Wildman–Crippen LogP) is -0.151. The fraction of sp³-hybridized carbons (Fsp3) is 0.200. The van der Waals surface area contributed by atoms with Crippen LogP contribution in [0.15, 0.2) is 24.3 Å². The molecule has 4 N–H and O–H groups in total. The highest BCUT2D eigenvalue weighted by Crippen LogP contribution is 2.14. The van der Waals surface area contributed by atoms with Crippen molar-refractivity contribution in [2.45, 2.75) is 0 Å². The molecule has 0 saturated heterocycles. The van der Waals surface area contributed by atoms with Gasteiger partial charge in [-0.2, -0.15) is 0 Å². The predicted molar refractivity (Wildman–Crippen MR) is 80.4 cm³/mol. The Labute approximate surface area is 127 Å². The molecule has 0 fully saturated rings. The summed E-state index contributed by atoms with van der Waals surface area (Å²) in [5.74, 6) is 0. The summed E-state index contributed by atoms with van der Waals surface area (Å²) in [6.45, 7) is 0. The first-order valence-electron chi connectivity index (χ1n) is 5.62. The number of urea groups is 2. The summed E-state index contributed by atoms with van der Waals surface area (Å²) in [5.41, 5.74) is 0.386. The first-order chi connectivity index (χ1) is 9.94. The van der Waals surface area contributed by atoms with Crippen LogP contribution in [0.4, 0.5) is 21.0 Å². The lowest BCUT2D eigenvalue weighted by Gasteiger charge is -2.09. The lowest BCUT2D eigenvalue weighted by molar-refractivity contribution is 0.255. The van der Waals surface area contributed by atoms with E-state index in [-0.39, 0.29) is 11.4 Å². The van der Waals surface area contributed by atoms with Crippen LogP contribution in [0.25, 0.3) is 0 Å². The Balaban J connectivity index is 2.74. The number of amides is 4. The van der Waals surface area contributed by atoms with Gasteiger partial charge in [0.1, 0.15) is 0 Å². The molecule has 0 bridgehead atoms. The summed E-state index contributed by atoms with van der Waals surface area (Å²) in [5, 5.41) is 4.48. The highest BCUT2D eigenvalue weighted by atomic mass is 32.2. The first-order valence-corrected chi connectivity index (χ1v) is 9.40. The molecule has 0 aromatic heterocycles. The third kappa shape index (κ3) is 7.44. The van der Waals surface area contributed by atoms with Gasteiger partial charge in [-0.05, 0) is 18.2 Å². The molecule has 0 atom stereocenters. The van der Waals surface area contributed by atoms with Crippen LogP contribution >= 0.6 is 0 Å². The van der Waals surface area contributed by atoms with Gasteiger partial charge in [-0.3, -0.25) is 0 Å². The second-order valence-corrected chi connectivity index (χ2v) is 7.73. The van der Waals surface area contributed by atoms with Crippen molar-refractivity contribution in [1.82, 2.24) is 9.44 Å². The van der Waals surface area contributed by atoms with E-state index in [1.54, 1.807) is 9.44 Å². The number of anilines is 2. The minimum atomic E-state index is -3.70. The number of benzene rings is 1. The Hall–Kier alpha value is -2.34. The fourth-order valence-electron chi connectivity index (χ4n) is 1.32. The molecule has 0 radical (unpaired) electrons. The van der Waals surface area contributed by atoms with Gasteiger partial charge in [-0.1, -0.05) is 6.07 Å². The second kappa shape index (κ2) is 6.62. The van der Waals surface area contributed by atoms with E-state index in [0.29, 0.717) is 0 Å². The van der Waals surface area contributed by atoms with Crippen molar-refractivity contribution in [2.24, 2.45) is 0 Å². The van der Waals surface area contributed by atoms with Crippen LogP contribution in [0.2, 0.25) is 0 Å². The molecule has 0 aliphatic rings. The van der Waals surface area contributed by atoms with Gasteiger partial charge in [-0.15, -0.1) is 0 Å². The van der Waals surface area contributed by atoms with Gasteiger partial charge >= 0.3 is 12.1 Å². The Bertz CT molecular complexity index is 724. The quantitative estimate of drug-likeness (QED) is 0.593. The summed E-state index contributed by atoms with van der Waals surface area (Å²) in [6.07, 6.45) is 1.64. The molecule has 1 aromatic carbocycles. The SMILES string of the molecule is CS(=O)(=O)NC(=O)Nc1cccc(NC(=O)NS(C)(=O)=O)c1. The van der Waals surface area contributed by atoms with E-state index in [1.807, 2.05) is 0 Å². The van der Waals surface area contributed by atoms with Crippen LogP contribution < -0.4 is 20.1 Å². The highest BCUT2D eigenvalue weighted by molar-refractivity contribution is 7.89. The van der Waals surface area contributed by atoms with Crippen molar-refractivity contribution >= 4 is 43.5 Å². The zero-order chi connectivity index (χ0) is 17.0. The largest absolute Gasteiger partial charge is 0.332 e. The van der Waals surface area contributed by atoms with Gasteiger partial charge < -0.3 is 10.6 Å². The third-order valence-electron chi connectivity index (χ3n) is 1.93. The van der Waals surface area contributed by atoms with Crippen LogP contribution in [-0.2, 0) is 20.0 Å². The average Bonchev–Trinajstić information content (AvgIpc) is 2.22. The molecule has 0 spiro atoms. The van der Waals surface area contributed by atoms with Crippen molar-refractivity contribution in [3.8, 4) is 0 Å². The van der Waals surface area contributed by atoms with Crippen molar-refractivity contribution in [3.63, 3.8) is 0 Å². The molecule has 0 aliphatic heterocycles. The number of carbonyl (C=O) groups excluding carboxylic acids is 2. The fourth-order valence-corrected chi connectivity index (χ4v) is 2.10. The summed E-state index contributed by atoms with van der Waals surface area (Å²) in [7, 11) is -7.40. The maximum Gasteiger partial charge on any atom is 0.332 e. The zero-order valence-corrected chi connectivity index (χ0v) is 13.2. The van der Waals surface area contributed by atoms with Crippen LogP contribution in [0.5, 0.6) is 0 Å². The highest BCUT2D eigenvalue weighted by Gasteiger charge is 2.10. The van der Waals surface area contributed by atoms with Gasteiger partial charge in [0.25, 0.3) is 0 Å². The number of hydrogen-bond acceptors (Lipinski definition) is 6. The van der Waals surface area contributed by atoms with Gasteiger partial charge in [-0.25, -0.2) is 35.9 Å². The van der Waals surface area contributed by atoms with Gasteiger partial charge in [0, 0.05) is 11.4 Å². The van der Waals surface area contributed by atoms with E-state index in [4.69, 9.17) is 0 Å². The molecule has 22 heavy (non-hydrogen) atoms. The number of rotatable bonds is 4. The van der Waals surface area contributed by atoms with Crippen LogP contribution in [0.1, 0.15) is 0 Å². The molecule has 0 saturated carbocycles.